The maximum Gasteiger partial charge on any atom is 0.263 e. The van der Waals surface area contributed by atoms with E-state index in [4.69, 9.17) is 16.3 Å². The van der Waals surface area contributed by atoms with Crippen LogP contribution in [0.25, 0.3) is 0 Å². The summed E-state index contributed by atoms with van der Waals surface area (Å²) in [6.07, 6.45) is 2.81. The van der Waals surface area contributed by atoms with Gasteiger partial charge in [-0.2, -0.15) is 0 Å². The van der Waals surface area contributed by atoms with E-state index >= 15 is 0 Å². The summed E-state index contributed by atoms with van der Waals surface area (Å²) in [5.41, 5.74) is 0. The minimum absolute atomic E-state index is 0.0394. The lowest BCUT2D eigenvalue weighted by Crippen LogP contribution is -2.54. The Kier molecular flexibility index (Phi) is 7.82. The number of carbonyl (C=O) groups excluding carboxylic acids is 2. The molecule has 2 heterocycles. The Morgan fingerprint density at radius 2 is 1.93 bits per heavy atom. The third-order valence-electron chi connectivity index (χ3n) is 5.71. The van der Waals surface area contributed by atoms with Crippen molar-refractivity contribution in [3.8, 4) is 5.75 Å². The van der Waals surface area contributed by atoms with E-state index in [9.17, 15) is 9.59 Å². The molecule has 160 valence electrons. The minimum atomic E-state index is -0.588. The maximum absolute atomic E-state index is 12.8. The van der Waals surface area contributed by atoms with Gasteiger partial charge in [-0.1, -0.05) is 11.6 Å². The molecule has 2 fully saturated rings. The van der Waals surface area contributed by atoms with Gasteiger partial charge >= 0.3 is 0 Å². The molecule has 0 radical (unpaired) electrons. The zero-order valence-electron chi connectivity index (χ0n) is 17.1. The summed E-state index contributed by atoms with van der Waals surface area (Å²) in [7, 11) is 0. The van der Waals surface area contributed by atoms with Crippen LogP contribution in [0, 0.1) is 0 Å². The monoisotopic (exact) mass is 485 g/mol. The van der Waals surface area contributed by atoms with Gasteiger partial charge in [0.15, 0.2) is 6.10 Å². The molecule has 6 nitrogen and oxygen atoms in total. The summed E-state index contributed by atoms with van der Waals surface area (Å²) < 4.78 is 6.55. The van der Waals surface area contributed by atoms with Crippen molar-refractivity contribution in [3.05, 3.63) is 27.7 Å². The number of benzene rings is 1. The van der Waals surface area contributed by atoms with Gasteiger partial charge < -0.3 is 14.5 Å². The van der Waals surface area contributed by atoms with Crippen LogP contribution in [0.5, 0.6) is 5.75 Å². The second-order valence-electron chi connectivity index (χ2n) is 7.87. The van der Waals surface area contributed by atoms with E-state index in [2.05, 4.69) is 27.8 Å². The zero-order valence-corrected chi connectivity index (χ0v) is 19.4. The summed E-state index contributed by atoms with van der Waals surface area (Å²) in [6, 6.07) is 5.57. The smallest absolute Gasteiger partial charge is 0.263 e. The Balaban J connectivity index is 1.46. The van der Waals surface area contributed by atoms with E-state index in [0.29, 0.717) is 49.5 Å². The van der Waals surface area contributed by atoms with Gasteiger partial charge in [-0.25, -0.2) is 0 Å². The van der Waals surface area contributed by atoms with E-state index in [1.807, 2.05) is 9.80 Å². The molecule has 29 heavy (non-hydrogen) atoms. The number of ether oxygens (including phenoxy) is 1. The van der Waals surface area contributed by atoms with E-state index in [1.165, 1.54) is 6.42 Å². The highest BCUT2D eigenvalue weighted by Gasteiger charge is 2.29. The second-order valence-corrected chi connectivity index (χ2v) is 9.16. The summed E-state index contributed by atoms with van der Waals surface area (Å²) in [4.78, 5) is 31.4. The molecule has 2 aliphatic heterocycles. The molecule has 0 aliphatic carbocycles. The van der Waals surface area contributed by atoms with E-state index < -0.39 is 6.10 Å². The number of carbonyl (C=O) groups is 2. The Bertz CT molecular complexity index is 740. The summed E-state index contributed by atoms with van der Waals surface area (Å²) in [5.74, 6) is 0.763. The number of rotatable bonds is 5. The van der Waals surface area contributed by atoms with Crippen LogP contribution < -0.4 is 4.74 Å². The van der Waals surface area contributed by atoms with Crippen molar-refractivity contribution in [1.82, 2.24) is 14.7 Å². The number of likely N-dealkylation sites (tertiary alicyclic amines) is 1. The molecule has 1 aromatic carbocycles. The normalized spacial score (nSPS) is 21.7. The molecule has 0 saturated carbocycles. The highest BCUT2D eigenvalue weighted by atomic mass is 79.9. The first-order valence-electron chi connectivity index (χ1n) is 10.3. The van der Waals surface area contributed by atoms with Crippen molar-refractivity contribution in [1.29, 1.82) is 0 Å². The number of hydrogen-bond donors (Lipinski definition) is 0. The van der Waals surface area contributed by atoms with Gasteiger partial charge in [-0.15, -0.1) is 0 Å². The fraction of sp³-hybridized carbons (Fsp3) is 0.619. The SMILES string of the molecule is CC(Oc1ccc(Cl)cc1Br)C(=O)N1CCN(CC(=O)N2CCCCC2C)CC1. The molecule has 0 bridgehead atoms. The Morgan fingerprint density at radius 3 is 2.59 bits per heavy atom. The molecule has 8 heteroatoms. The van der Waals surface area contributed by atoms with Gasteiger partial charge in [0.2, 0.25) is 5.91 Å². The largest absolute Gasteiger partial charge is 0.480 e. The standard InChI is InChI=1S/C21H29BrClN3O3/c1-15-5-3-4-8-26(15)20(27)14-24-9-11-25(12-10-24)21(28)16(2)29-19-7-6-17(23)13-18(19)22/h6-7,13,15-16H,3-5,8-12,14H2,1-2H3. The van der Waals surface area contributed by atoms with Crippen LogP contribution in [-0.4, -0.2) is 77.9 Å². The number of hydrogen-bond acceptors (Lipinski definition) is 4. The van der Waals surface area contributed by atoms with Gasteiger partial charge in [-0.3, -0.25) is 14.5 Å². The third-order valence-corrected chi connectivity index (χ3v) is 6.57. The van der Waals surface area contributed by atoms with Crippen LogP contribution in [0.2, 0.25) is 5.02 Å². The average molecular weight is 487 g/mol. The number of halogens is 2. The van der Waals surface area contributed by atoms with Crippen LogP contribution in [0.15, 0.2) is 22.7 Å². The summed E-state index contributed by atoms with van der Waals surface area (Å²) in [5, 5.41) is 0.604. The van der Waals surface area contributed by atoms with Crippen molar-refractivity contribution >= 4 is 39.3 Å². The van der Waals surface area contributed by atoms with Crippen molar-refractivity contribution in [2.24, 2.45) is 0 Å². The number of nitrogens with zero attached hydrogens (tertiary/aromatic N) is 3. The molecule has 2 amide bonds. The number of piperazine rings is 1. The minimum Gasteiger partial charge on any atom is -0.480 e. The molecule has 2 aliphatic rings. The fourth-order valence-corrected chi connectivity index (χ4v) is 4.72. The second kappa shape index (κ2) is 10.1. The number of amides is 2. The predicted octanol–water partition coefficient (Wildman–Crippen LogP) is 3.42. The van der Waals surface area contributed by atoms with Crippen LogP contribution in [0.3, 0.4) is 0 Å². The van der Waals surface area contributed by atoms with Gasteiger partial charge in [0, 0.05) is 43.8 Å². The lowest BCUT2D eigenvalue weighted by molar-refractivity contribution is -0.141. The van der Waals surface area contributed by atoms with Crippen LogP contribution in [-0.2, 0) is 9.59 Å². The first-order chi connectivity index (χ1) is 13.8. The van der Waals surface area contributed by atoms with Crippen LogP contribution in [0.1, 0.15) is 33.1 Å². The topological polar surface area (TPSA) is 53.1 Å². The molecule has 0 spiro atoms. The first kappa shape index (κ1) is 22.4. The molecular weight excluding hydrogens is 458 g/mol. The van der Waals surface area contributed by atoms with Gasteiger partial charge in [0.1, 0.15) is 5.75 Å². The molecule has 1 aromatic rings. The lowest BCUT2D eigenvalue weighted by atomic mass is 10.0. The molecule has 3 rings (SSSR count). The van der Waals surface area contributed by atoms with Crippen molar-refractivity contribution in [2.75, 3.05) is 39.3 Å². The summed E-state index contributed by atoms with van der Waals surface area (Å²) in [6.45, 7) is 7.83. The predicted molar refractivity (Wildman–Crippen MR) is 117 cm³/mol. The molecule has 2 atom stereocenters. The van der Waals surface area contributed by atoms with E-state index in [1.54, 1.807) is 25.1 Å². The molecule has 0 N–H and O–H groups in total. The van der Waals surface area contributed by atoms with Crippen LogP contribution >= 0.6 is 27.5 Å². The van der Waals surface area contributed by atoms with Crippen molar-refractivity contribution in [2.45, 2.75) is 45.3 Å². The third kappa shape index (κ3) is 5.86. The van der Waals surface area contributed by atoms with Gasteiger partial charge in [0.25, 0.3) is 5.91 Å². The molecule has 0 aromatic heterocycles. The first-order valence-corrected chi connectivity index (χ1v) is 11.4. The lowest BCUT2D eigenvalue weighted by Gasteiger charge is -2.38. The molecule has 2 unspecified atom stereocenters. The molecular formula is C21H29BrClN3O3. The fourth-order valence-electron chi connectivity index (χ4n) is 3.95. The van der Waals surface area contributed by atoms with E-state index in [-0.39, 0.29) is 11.8 Å². The van der Waals surface area contributed by atoms with Gasteiger partial charge in [-0.05, 0) is 67.2 Å². The zero-order chi connectivity index (χ0) is 21.0. The molecule has 2 saturated heterocycles. The van der Waals surface area contributed by atoms with Crippen LogP contribution in [0.4, 0.5) is 0 Å². The van der Waals surface area contributed by atoms with Crippen molar-refractivity contribution < 1.29 is 14.3 Å². The number of piperidine rings is 1. The maximum atomic E-state index is 12.8. The van der Waals surface area contributed by atoms with Crippen molar-refractivity contribution in [3.63, 3.8) is 0 Å². The average Bonchev–Trinajstić information content (AvgIpc) is 2.70. The quantitative estimate of drug-likeness (QED) is 0.640. The Labute approximate surface area is 186 Å². The van der Waals surface area contributed by atoms with E-state index in [0.717, 1.165) is 23.9 Å². The Morgan fingerprint density at radius 1 is 1.21 bits per heavy atom. The Hall–Kier alpha value is -1.31. The summed E-state index contributed by atoms with van der Waals surface area (Å²) >= 11 is 9.36. The highest BCUT2D eigenvalue weighted by Crippen LogP contribution is 2.29. The highest BCUT2D eigenvalue weighted by molar-refractivity contribution is 9.10. The van der Waals surface area contributed by atoms with Gasteiger partial charge in [0.05, 0.1) is 11.0 Å².